The van der Waals surface area contributed by atoms with Crippen molar-refractivity contribution in [3.63, 3.8) is 0 Å². The van der Waals surface area contributed by atoms with Crippen LogP contribution in [0.2, 0.25) is 0 Å². The lowest BCUT2D eigenvalue weighted by molar-refractivity contribution is 0.0930. The molecule has 0 aliphatic carbocycles. The van der Waals surface area contributed by atoms with Crippen molar-refractivity contribution in [2.75, 3.05) is 0 Å². The Kier molecular flexibility index (Phi) is 7.19. The highest BCUT2D eigenvalue weighted by atomic mass is 16.2. The maximum absolute atomic E-state index is 13.3. The molecule has 0 aliphatic heterocycles. The summed E-state index contributed by atoms with van der Waals surface area (Å²) < 4.78 is 0. The van der Waals surface area contributed by atoms with Crippen LogP contribution < -0.4 is 10.6 Å². The first-order chi connectivity index (χ1) is 16.5. The van der Waals surface area contributed by atoms with Gasteiger partial charge >= 0.3 is 0 Å². The van der Waals surface area contributed by atoms with Crippen molar-refractivity contribution < 1.29 is 9.59 Å². The molecule has 2 N–H and O–H groups in total. The lowest BCUT2D eigenvalue weighted by atomic mass is 9.94. The van der Waals surface area contributed by atoms with Crippen molar-refractivity contribution in [3.8, 4) is 11.1 Å². The first-order valence-electron chi connectivity index (χ1n) is 11.4. The standard InChI is InChI=1S/C30H28N2O2/c1-21(23-13-5-3-6-14-23)31-29(33)27-19-11-9-17-25(27)26-18-10-12-20-28(26)30(34)32-22(2)24-15-7-4-8-16-24/h3-22H,1-2H3,(H,31,33)(H,32,34)/t21-,22+. The predicted molar refractivity (Wildman–Crippen MR) is 137 cm³/mol. The summed E-state index contributed by atoms with van der Waals surface area (Å²) >= 11 is 0. The summed E-state index contributed by atoms with van der Waals surface area (Å²) in [7, 11) is 0. The number of nitrogens with one attached hydrogen (secondary N) is 2. The van der Waals surface area contributed by atoms with Crippen LogP contribution in [-0.2, 0) is 0 Å². The van der Waals surface area contributed by atoms with Crippen molar-refractivity contribution in [2.45, 2.75) is 25.9 Å². The molecule has 0 saturated carbocycles. The topological polar surface area (TPSA) is 58.2 Å². The van der Waals surface area contributed by atoms with Gasteiger partial charge in [0.1, 0.15) is 0 Å². The number of carbonyl (C=O) groups excluding carboxylic acids is 2. The highest BCUT2D eigenvalue weighted by molar-refractivity contribution is 6.06. The van der Waals surface area contributed by atoms with E-state index in [2.05, 4.69) is 10.6 Å². The molecule has 0 aliphatic rings. The summed E-state index contributed by atoms with van der Waals surface area (Å²) in [6, 6.07) is 34.2. The highest BCUT2D eigenvalue weighted by Crippen LogP contribution is 2.28. The maximum atomic E-state index is 13.3. The zero-order valence-electron chi connectivity index (χ0n) is 19.4. The van der Waals surface area contributed by atoms with Crippen molar-refractivity contribution in [2.24, 2.45) is 0 Å². The zero-order chi connectivity index (χ0) is 23.9. The molecule has 0 aromatic heterocycles. The molecule has 2 amide bonds. The second-order valence-corrected chi connectivity index (χ2v) is 8.30. The molecular formula is C30H28N2O2. The molecule has 0 spiro atoms. The third-order valence-corrected chi connectivity index (χ3v) is 5.93. The Balaban J connectivity index is 1.61. The Bertz CT molecular complexity index is 1170. The van der Waals surface area contributed by atoms with Crippen LogP contribution in [0, 0.1) is 0 Å². The van der Waals surface area contributed by atoms with Crippen LogP contribution in [0.25, 0.3) is 11.1 Å². The van der Waals surface area contributed by atoms with Gasteiger partial charge in [0.15, 0.2) is 0 Å². The van der Waals surface area contributed by atoms with Gasteiger partial charge in [0.2, 0.25) is 0 Å². The summed E-state index contributed by atoms with van der Waals surface area (Å²) in [6.07, 6.45) is 0. The first kappa shape index (κ1) is 23.0. The van der Waals surface area contributed by atoms with Crippen LogP contribution in [0.3, 0.4) is 0 Å². The van der Waals surface area contributed by atoms with Gasteiger partial charge < -0.3 is 10.6 Å². The molecule has 0 unspecified atom stereocenters. The van der Waals surface area contributed by atoms with Gasteiger partial charge in [-0.2, -0.15) is 0 Å². The van der Waals surface area contributed by atoms with Crippen LogP contribution in [0.15, 0.2) is 109 Å². The largest absolute Gasteiger partial charge is 0.345 e. The van der Waals surface area contributed by atoms with E-state index in [9.17, 15) is 9.59 Å². The summed E-state index contributed by atoms with van der Waals surface area (Å²) in [5.41, 5.74) is 4.56. The smallest absolute Gasteiger partial charge is 0.252 e. The van der Waals surface area contributed by atoms with E-state index < -0.39 is 0 Å². The van der Waals surface area contributed by atoms with Gasteiger partial charge in [-0.15, -0.1) is 0 Å². The van der Waals surface area contributed by atoms with Gasteiger partial charge in [0.25, 0.3) is 11.8 Å². The van der Waals surface area contributed by atoms with Gasteiger partial charge in [-0.3, -0.25) is 9.59 Å². The van der Waals surface area contributed by atoms with Crippen molar-refractivity contribution in [3.05, 3.63) is 131 Å². The van der Waals surface area contributed by atoms with E-state index in [1.165, 1.54) is 0 Å². The summed E-state index contributed by atoms with van der Waals surface area (Å²) in [4.78, 5) is 26.5. The average molecular weight is 449 g/mol. The molecule has 4 rings (SSSR count). The van der Waals surface area contributed by atoms with E-state index in [1.807, 2.05) is 111 Å². The van der Waals surface area contributed by atoms with Crippen LogP contribution in [-0.4, -0.2) is 11.8 Å². The van der Waals surface area contributed by atoms with E-state index in [0.717, 1.165) is 22.3 Å². The molecule has 4 heteroatoms. The normalized spacial score (nSPS) is 12.4. The fourth-order valence-electron chi connectivity index (χ4n) is 4.03. The van der Waals surface area contributed by atoms with Crippen LogP contribution in [0.1, 0.15) is 57.8 Å². The second kappa shape index (κ2) is 10.6. The van der Waals surface area contributed by atoms with Gasteiger partial charge in [0, 0.05) is 11.1 Å². The Morgan fingerprint density at radius 3 is 1.21 bits per heavy atom. The molecule has 0 heterocycles. The highest BCUT2D eigenvalue weighted by Gasteiger charge is 2.20. The van der Waals surface area contributed by atoms with E-state index in [-0.39, 0.29) is 23.9 Å². The monoisotopic (exact) mass is 448 g/mol. The lowest BCUT2D eigenvalue weighted by Crippen LogP contribution is -2.28. The fraction of sp³-hybridized carbons (Fsp3) is 0.133. The first-order valence-corrected chi connectivity index (χ1v) is 11.4. The number of benzene rings is 4. The molecule has 4 nitrogen and oxygen atoms in total. The third kappa shape index (κ3) is 5.24. The van der Waals surface area contributed by atoms with Gasteiger partial charge in [0.05, 0.1) is 12.1 Å². The molecule has 170 valence electrons. The quantitative estimate of drug-likeness (QED) is 0.347. The minimum atomic E-state index is -0.181. The summed E-state index contributed by atoms with van der Waals surface area (Å²) in [5, 5.41) is 6.17. The number of rotatable bonds is 7. The van der Waals surface area contributed by atoms with Gasteiger partial charge in [-0.1, -0.05) is 97.1 Å². The van der Waals surface area contributed by atoms with Gasteiger partial charge in [-0.05, 0) is 48.2 Å². The molecule has 0 radical (unpaired) electrons. The number of amides is 2. The number of hydrogen-bond acceptors (Lipinski definition) is 2. The van der Waals surface area contributed by atoms with Crippen LogP contribution in [0.5, 0.6) is 0 Å². The molecule has 0 fully saturated rings. The number of carbonyl (C=O) groups is 2. The van der Waals surface area contributed by atoms with E-state index >= 15 is 0 Å². The molecule has 0 bridgehead atoms. The Morgan fingerprint density at radius 2 is 0.824 bits per heavy atom. The van der Waals surface area contributed by atoms with Crippen molar-refractivity contribution in [1.29, 1.82) is 0 Å². The fourth-order valence-corrected chi connectivity index (χ4v) is 4.03. The molecule has 2 atom stereocenters. The van der Waals surface area contributed by atoms with Crippen molar-refractivity contribution in [1.82, 2.24) is 10.6 Å². The molecular weight excluding hydrogens is 420 g/mol. The Hall–Kier alpha value is -4.18. The molecule has 0 saturated heterocycles. The lowest BCUT2D eigenvalue weighted by Gasteiger charge is -2.19. The Morgan fingerprint density at radius 1 is 0.500 bits per heavy atom. The van der Waals surface area contributed by atoms with Crippen molar-refractivity contribution >= 4 is 11.8 Å². The average Bonchev–Trinajstić information content (AvgIpc) is 2.89. The number of hydrogen-bond donors (Lipinski definition) is 2. The van der Waals surface area contributed by atoms with E-state index in [0.29, 0.717) is 11.1 Å². The molecule has 4 aromatic rings. The van der Waals surface area contributed by atoms with Crippen LogP contribution >= 0.6 is 0 Å². The second-order valence-electron chi connectivity index (χ2n) is 8.30. The van der Waals surface area contributed by atoms with E-state index in [1.54, 1.807) is 12.1 Å². The summed E-state index contributed by atoms with van der Waals surface area (Å²) in [6.45, 7) is 3.92. The van der Waals surface area contributed by atoms with E-state index in [4.69, 9.17) is 0 Å². The zero-order valence-corrected chi connectivity index (χ0v) is 19.4. The predicted octanol–water partition coefficient (Wildman–Crippen LogP) is 6.34. The summed E-state index contributed by atoms with van der Waals surface area (Å²) in [5.74, 6) is -0.361. The maximum Gasteiger partial charge on any atom is 0.252 e. The third-order valence-electron chi connectivity index (χ3n) is 5.93. The SMILES string of the molecule is C[C@H](NC(=O)c1ccccc1-c1ccccc1C(=O)N[C@H](C)c1ccccc1)c1ccccc1. The van der Waals surface area contributed by atoms with Gasteiger partial charge in [-0.25, -0.2) is 0 Å². The minimum Gasteiger partial charge on any atom is -0.345 e. The Labute approximate surface area is 200 Å². The molecule has 34 heavy (non-hydrogen) atoms. The van der Waals surface area contributed by atoms with Crippen LogP contribution in [0.4, 0.5) is 0 Å². The minimum absolute atomic E-state index is 0.146. The molecule has 4 aromatic carbocycles.